The Labute approximate surface area is 142 Å². The molecule has 1 aromatic heterocycles. The maximum atomic E-state index is 8.35. The number of anilines is 1. The van der Waals surface area contributed by atoms with Crippen LogP contribution in [-0.2, 0) is 7.05 Å². The van der Waals surface area contributed by atoms with Gasteiger partial charge in [-0.3, -0.25) is 4.68 Å². The molecular weight excluding hydrogens is 281 g/mol. The van der Waals surface area contributed by atoms with Crippen LogP contribution in [0.5, 0.6) is 0 Å². The average molecular weight is 308 g/mol. The first-order chi connectivity index (χ1) is 7.96. The molecule has 0 spiro atoms. The van der Waals surface area contributed by atoms with Crippen molar-refractivity contribution in [3.05, 3.63) is 11.8 Å². The van der Waals surface area contributed by atoms with Gasteiger partial charge in [-0.15, -0.1) is 0 Å². The van der Waals surface area contributed by atoms with Crippen molar-refractivity contribution in [1.82, 2.24) is 14.4 Å². The topological polar surface area (TPSA) is 79.7 Å². The third-order valence-corrected chi connectivity index (χ3v) is 7.86. The summed E-state index contributed by atoms with van der Waals surface area (Å²) in [6.45, 7) is 14.1. The van der Waals surface area contributed by atoms with Crippen LogP contribution in [0.4, 0.5) is 5.82 Å². The van der Waals surface area contributed by atoms with Crippen LogP contribution in [0, 0.1) is 11.3 Å². The van der Waals surface area contributed by atoms with Crippen LogP contribution in [0.2, 0.25) is 39.3 Å². The van der Waals surface area contributed by atoms with E-state index < -0.39 is 16.5 Å². The summed E-state index contributed by atoms with van der Waals surface area (Å²) < 4.78 is 5.19. The van der Waals surface area contributed by atoms with Crippen molar-refractivity contribution in [3.63, 3.8) is 0 Å². The predicted molar refractivity (Wildman–Crippen MR) is 83.3 cm³/mol. The van der Waals surface area contributed by atoms with E-state index in [1.54, 1.807) is 7.05 Å². The number of aryl methyl sites for hydroxylation is 1. The number of nitrogen functional groups attached to an aromatic ring is 1. The number of nitrogens with one attached hydrogen (secondary N) is 1. The molecule has 0 aliphatic rings. The van der Waals surface area contributed by atoms with Gasteiger partial charge in [0.25, 0.3) is 0 Å². The zero-order chi connectivity index (χ0) is 14.6. The van der Waals surface area contributed by atoms with Gasteiger partial charge in [0.1, 0.15) is 33.9 Å². The Bertz CT molecular complexity index is 419. The van der Waals surface area contributed by atoms with E-state index in [4.69, 9.17) is 11.0 Å². The van der Waals surface area contributed by atoms with Crippen LogP contribution in [0.3, 0.4) is 0 Å². The van der Waals surface area contributed by atoms with E-state index in [1.165, 1.54) is 10.9 Å². The largest absolute Gasteiger partial charge is 1.00 e. The van der Waals surface area contributed by atoms with Gasteiger partial charge in [-0.1, -0.05) is 39.3 Å². The Morgan fingerprint density at radius 1 is 1.26 bits per heavy atom. The first-order valence-corrected chi connectivity index (χ1v) is 12.9. The quantitative estimate of drug-likeness (QED) is 0.704. The van der Waals surface area contributed by atoms with Gasteiger partial charge >= 0.3 is 29.6 Å². The van der Waals surface area contributed by atoms with Crippen LogP contribution >= 0.6 is 0 Å². The Kier molecular flexibility index (Phi) is 9.19. The van der Waals surface area contributed by atoms with Crippen LogP contribution in [0.15, 0.2) is 6.20 Å². The summed E-state index contributed by atoms with van der Waals surface area (Å²) in [5.74, 6) is 0.414. The molecule has 0 saturated heterocycles. The molecule has 0 bridgehead atoms. The summed E-state index contributed by atoms with van der Waals surface area (Å²) in [6, 6.07) is 1.91. The monoisotopic (exact) mass is 307 g/mol. The molecule has 0 saturated carbocycles. The van der Waals surface area contributed by atoms with Gasteiger partial charge in [-0.2, -0.15) is 10.4 Å². The van der Waals surface area contributed by atoms with Gasteiger partial charge in [0.05, 0.1) is 6.20 Å². The molecule has 1 rings (SSSR count). The molecule has 0 radical (unpaired) electrons. The third-order valence-electron chi connectivity index (χ3n) is 1.86. The number of hydrogen-bond acceptors (Lipinski definition) is 4. The number of nitrogens with two attached hydrogens (primary N) is 1. The van der Waals surface area contributed by atoms with E-state index in [2.05, 4.69) is 49.0 Å². The Balaban J connectivity index is -0.000000263. The van der Waals surface area contributed by atoms with Crippen molar-refractivity contribution in [2.24, 2.45) is 7.05 Å². The third kappa shape index (κ3) is 10.4. The summed E-state index contributed by atoms with van der Waals surface area (Å²) in [5.41, 5.74) is 5.82. The fourth-order valence-electron chi connectivity index (χ4n) is 1.66. The molecule has 3 N–H and O–H groups in total. The molecule has 0 aliphatic carbocycles. The van der Waals surface area contributed by atoms with Gasteiger partial charge in [0.2, 0.25) is 0 Å². The second kappa shape index (κ2) is 8.24. The summed E-state index contributed by atoms with van der Waals surface area (Å²) in [7, 11) is -0.271. The second-order valence-corrected chi connectivity index (χ2v) is 16.3. The van der Waals surface area contributed by atoms with Crippen LogP contribution < -0.4 is 39.9 Å². The van der Waals surface area contributed by atoms with Gasteiger partial charge in [-0.05, 0) is 0 Å². The number of rotatable bonds is 2. The summed E-state index contributed by atoms with van der Waals surface area (Å²) in [5, 5.41) is 12.1. The minimum atomic E-state index is -0.981. The van der Waals surface area contributed by atoms with Crippen molar-refractivity contribution < 1.29 is 31.0 Å². The van der Waals surface area contributed by atoms with Gasteiger partial charge in [0, 0.05) is 7.05 Å². The van der Waals surface area contributed by atoms with Crippen LogP contribution in [0.25, 0.3) is 0 Å². The molecule has 104 valence electrons. The van der Waals surface area contributed by atoms with Gasteiger partial charge in [0.15, 0.2) is 0 Å². The Morgan fingerprint density at radius 2 is 1.68 bits per heavy atom. The molecule has 5 nitrogen and oxygen atoms in total. The maximum Gasteiger partial charge on any atom is 1.00 e. The molecule has 0 fully saturated rings. The molecule has 0 aliphatic heterocycles. The Hall–Kier alpha value is -0.106. The van der Waals surface area contributed by atoms with Gasteiger partial charge in [-0.25, -0.2) is 0 Å². The van der Waals surface area contributed by atoms with E-state index in [0.29, 0.717) is 11.4 Å². The molecule has 1 aromatic rings. The zero-order valence-electron chi connectivity index (χ0n) is 14.5. The molecule has 0 unspecified atom stereocenters. The summed E-state index contributed by atoms with van der Waals surface area (Å²) >= 11 is 0. The van der Waals surface area contributed by atoms with Crippen LogP contribution in [0.1, 0.15) is 6.99 Å². The first kappa shape index (κ1) is 21.2. The minimum absolute atomic E-state index is 0. The molecule has 0 atom stereocenters. The maximum absolute atomic E-state index is 8.35. The van der Waals surface area contributed by atoms with Crippen molar-refractivity contribution in [3.8, 4) is 6.07 Å². The van der Waals surface area contributed by atoms with Gasteiger partial charge < -0.3 is 11.8 Å². The standard InChI is InChI=1S/C6H19NSi2.C5H6N4.Na.H/c1-8(2,3)7-9(4,5)6;1-9-5(7)4(2-6)3-8-9;;/h7H,1-6H3;3H,7H2,1H3;;/q;;+1;-1. The normalized spacial score (nSPS) is 10.8. The number of aromatic nitrogens is 2. The average Bonchev–Trinajstić information content (AvgIpc) is 2.42. The summed E-state index contributed by atoms with van der Waals surface area (Å²) in [4.78, 5) is 0. The molecule has 8 heteroatoms. The van der Waals surface area contributed by atoms with E-state index in [0.717, 1.165) is 0 Å². The molecular formula is C11H26N5NaSi2. The fourth-order valence-corrected chi connectivity index (χ4v) is 10.7. The fraction of sp³-hybridized carbons (Fsp3) is 0.636. The molecule has 0 amide bonds. The molecule has 0 aromatic carbocycles. The minimum Gasteiger partial charge on any atom is -1.00 e. The second-order valence-electron chi connectivity index (χ2n) is 6.30. The van der Waals surface area contributed by atoms with E-state index in [-0.39, 0.29) is 31.0 Å². The predicted octanol–water partition coefficient (Wildman–Crippen LogP) is -0.764. The van der Waals surface area contributed by atoms with Crippen molar-refractivity contribution in [1.29, 1.82) is 5.26 Å². The van der Waals surface area contributed by atoms with Crippen molar-refractivity contribution in [2.45, 2.75) is 39.3 Å². The first-order valence-electron chi connectivity index (χ1n) is 5.93. The van der Waals surface area contributed by atoms with E-state index in [9.17, 15) is 0 Å². The SMILES string of the molecule is C[Si](C)(C)N[Si](C)(C)C.Cn1ncc(C#N)c1N.[H-].[Na+]. The zero-order valence-corrected chi connectivity index (χ0v) is 17.5. The van der Waals surface area contributed by atoms with Crippen molar-refractivity contribution >= 4 is 22.3 Å². The Morgan fingerprint density at radius 3 is 1.79 bits per heavy atom. The molecule has 1 heterocycles. The summed E-state index contributed by atoms with van der Waals surface area (Å²) in [6.07, 6.45) is 1.44. The number of nitriles is 1. The smallest absolute Gasteiger partial charge is 1.00 e. The molecule has 19 heavy (non-hydrogen) atoms. The number of hydrogen-bond donors (Lipinski definition) is 2. The van der Waals surface area contributed by atoms with E-state index in [1.807, 2.05) is 6.07 Å². The van der Waals surface area contributed by atoms with Crippen LogP contribution in [-0.4, -0.2) is 26.3 Å². The van der Waals surface area contributed by atoms with E-state index >= 15 is 0 Å². The number of nitrogens with zero attached hydrogens (tertiary/aromatic N) is 3. The van der Waals surface area contributed by atoms with Crippen molar-refractivity contribution in [2.75, 3.05) is 5.73 Å².